The highest BCUT2D eigenvalue weighted by Crippen LogP contribution is 2.27. The average molecular weight is 295 g/mol. The topological polar surface area (TPSA) is 85.7 Å². The molecule has 3 aromatic rings. The van der Waals surface area contributed by atoms with E-state index in [-0.39, 0.29) is 6.04 Å². The van der Waals surface area contributed by atoms with Crippen molar-refractivity contribution in [2.75, 3.05) is 23.7 Å². The molecule has 7 heteroatoms. The van der Waals surface area contributed by atoms with Crippen LogP contribution < -0.4 is 10.6 Å². The number of piperidine rings is 1. The summed E-state index contributed by atoms with van der Waals surface area (Å²) in [5, 5.41) is 8.40. The fourth-order valence-electron chi connectivity index (χ4n) is 3.06. The zero-order valence-electron chi connectivity index (χ0n) is 12.1. The molecule has 1 unspecified atom stereocenters. The second kappa shape index (κ2) is 5.25. The molecule has 0 aliphatic carbocycles. The van der Waals surface area contributed by atoms with Gasteiger partial charge in [-0.25, -0.2) is 14.6 Å². The molecule has 0 spiro atoms. The Morgan fingerprint density at radius 2 is 2.00 bits per heavy atom. The van der Waals surface area contributed by atoms with E-state index < -0.39 is 0 Å². The van der Waals surface area contributed by atoms with Crippen LogP contribution in [0, 0.1) is 0 Å². The molecule has 112 valence electrons. The molecule has 1 fully saturated rings. The summed E-state index contributed by atoms with van der Waals surface area (Å²) in [6.07, 6.45) is 3.64. The largest absolute Gasteiger partial charge is 0.382 e. The summed E-state index contributed by atoms with van der Waals surface area (Å²) < 4.78 is 1.89. The molecule has 0 saturated carbocycles. The van der Waals surface area contributed by atoms with E-state index in [1.54, 1.807) is 0 Å². The van der Waals surface area contributed by atoms with E-state index in [1.807, 2.05) is 10.7 Å². The Labute approximate surface area is 127 Å². The molecule has 1 atom stereocenters. The van der Waals surface area contributed by atoms with Crippen LogP contribution in [-0.4, -0.2) is 38.1 Å². The van der Waals surface area contributed by atoms with Crippen LogP contribution in [0.4, 0.5) is 11.5 Å². The van der Waals surface area contributed by atoms with Gasteiger partial charge in [0, 0.05) is 18.8 Å². The van der Waals surface area contributed by atoms with Crippen molar-refractivity contribution in [3.8, 4) is 0 Å². The van der Waals surface area contributed by atoms with E-state index in [4.69, 9.17) is 5.73 Å². The van der Waals surface area contributed by atoms with Crippen LogP contribution in [0.25, 0.3) is 11.2 Å². The number of nitrogen functional groups attached to an aromatic ring is 1. The van der Waals surface area contributed by atoms with E-state index >= 15 is 0 Å². The lowest BCUT2D eigenvalue weighted by atomic mass is 10.1. The zero-order chi connectivity index (χ0) is 14.9. The van der Waals surface area contributed by atoms with E-state index in [0.717, 1.165) is 25.9 Å². The minimum Gasteiger partial charge on any atom is -0.382 e. The average Bonchev–Trinajstić information content (AvgIpc) is 3.01. The Bertz CT molecular complexity index is 783. The lowest BCUT2D eigenvalue weighted by molar-refractivity contribution is 0.376. The third kappa shape index (κ3) is 2.14. The van der Waals surface area contributed by atoms with Crippen LogP contribution in [0.2, 0.25) is 0 Å². The second-order valence-electron chi connectivity index (χ2n) is 5.54. The van der Waals surface area contributed by atoms with Crippen LogP contribution >= 0.6 is 0 Å². The second-order valence-corrected chi connectivity index (χ2v) is 5.54. The number of para-hydroxylation sites is 1. The fourth-order valence-corrected chi connectivity index (χ4v) is 3.06. The van der Waals surface area contributed by atoms with Crippen molar-refractivity contribution < 1.29 is 0 Å². The Hall–Kier alpha value is -2.70. The minimum absolute atomic E-state index is 0.244. The van der Waals surface area contributed by atoms with Crippen LogP contribution in [0.1, 0.15) is 18.9 Å². The predicted octanol–water partition coefficient (Wildman–Crippen LogP) is 1.64. The van der Waals surface area contributed by atoms with Gasteiger partial charge in [-0.15, -0.1) is 5.10 Å². The highest BCUT2D eigenvalue weighted by Gasteiger charge is 2.24. The van der Waals surface area contributed by atoms with E-state index in [0.29, 0.717) is 17.0 Å². The van der Waals surface area contributed by atoms with Crippen LogP contribution in [0.3, 0.4) is 0 Å². The smallest absolute Gasteiger partial charge is 0.184 e. The molecular weight excluding hydrogens is 278 g/mol. The molecule has 0 radical (unpaired) electrons. The summed E-state index contributed by atoms with van der Waals surface area (Å²) in [5.74, 6) is 0.381. The van der Waals surface area contributed by atoms with Crippen molar-refractivity contribution in [3.63, 3.8) is 0 Å². The van der Waals surface area contributed by atoms with Crippen molar-refractivity contribution in [3.05, 3.63) is 36.7 Å². The van der Waals surface area contributed by atoms with Gasteiger partial charge in [0.1, 0.15) is 6.33 Å². The van der Waals surface area contributed by atoms with Gasteiger partial charge >= 0.3 is 0 Å². The van der Waals surface area contributed by atoms with Gasteiger partial charge in [-0.1, -0.05) is 23.4 Å². The van der Waals surface area contributed by atoms with Gasteiger partial charge in [-0.3, -0.25) is 0 Å². The van der Waals surface area contributed by atoms with E-state index in [9.17, 15) is 0 Å². The summed E-state index contributed by atoms with van der Waals surface area (Å²) in [7, 11) is 0. The summed E-state index contributed by atoms with van der Waals surface area (Å²) in [5.41, 5.74) is 8.38. The Balaban J connectivity index is 1.66. The monoisotopic (exact) mass is 295 g/mol. The fraction of sp³-hybridized carbons (Fsp3) is 0.333. The first kappa shape index (κ1) is 13.0. The van der Waals surface area contributed by atoms with Gasteiger partial charge < -0.3 is 10.6 Å². The quantitative estimate of drug-likeness (QED) is 0.773. The number of benzene rings is 1. The molecule has 22 heavy (non-hydrogen) atoms. The molecular formula is C15H17N7. The molecule has 4 rings (SSSR count). The number of hydrogen-bond acceptors (Lipinski definition) is 6. The van der Waals surface area contributed by atoms with Gasteiger partial charge in [0.25, 0.3) is 0 Å². The molecule has 1 aromatic carbocycles. The zero-order valence-corrected chi connectivity index (χ0v) is 12.1. The first-order chi connectivity index (χ1) is 10.8. The highest BCUT2D eigenvalue weighted by atomic mass is 15.5. The molecule has 2 aromatic heterocycles. The van der Waals surface area contributed by atoms with Crippen LogP contribution in [0.5, 0.6) is 0 Å². The number of aromatic nitrogens is 5. The standard InChI is InChI=1S/C15H17N7/c16-14-13-15(18-10-17-14)22(20-19-13)12-7-4-8-21(9-12)11-5-2-1-3-6-11/h1-3,5-6,10,12H,4,7-9H2,(H2,16,17,18). The van der Waals surface area contributed by atoms with Gasteiger partial charge in [0.15, 0.2) is 17.0 Å². The Morgan fingerprint density at radius 1 is 1.14 bits per heavy atom. The van der Waals surface area contributed by atoms with Crippen LogP contribution in [-0.2, 0) is 0 Å². The van der Waals surface area contributed by atoms with E-state index in [1.165, 1.54) is 12.0 Å². The molecule has 3 heterocycles. The molecule has 0 amide bonds. The molecule has 2 N–H and O–H groups in total. The maximum atomic E-state index is 5.84. The Morgan fingerprint density at radius 3 is 2.86 bits per heavy atom. The lowest BCUT2D eigenvalue weighted by Crippen LogP contribution is -2.37. The van der Waals surface area contributed by atoms with Crippen molar-refractivity contribution in [1.82, 2.24) is 25.0 Å². The van der Waals surface area contributed by atoms with Crippen molar-refractivity contribution in [2.24, 2.45) is 0 Å². The van der Waals surface area contributed by atoms with Crippen molar-refractivity contribution in [2.45, 2.75) is 18.9 Å². The normalized spacial score (nSPS) is 18.7. The SMILES string of the molecule is Nc1ncnc2c1nnn2C1CCCN(c2ccccc2)C1. The van der Waals surface area contributed by atoms with Crippen molar-refractivity contribution >= 4 is 22.7 Å². The van der Waals surface area contributed by atoms with E-state index in [2.05, 4.69) is 49.4 Å². The Kier molecular flexibility index (Phi) is 3.10. The van der Waals surface area contributed by atoms with Gasteiger partial charge in [0.05, 0.1) is 6.04 Å². The maximum Gasteiger partial charge on any atom is 0.184 e. The number of nitrogens with zero attached hydrogens (tertiary/aromatic N) is 6. The first-order valence-electron chi connectivity index (χ1n) is 7.44. The number of fused-ring (bicyclic) bond motifs is 1. The first-order valence-corrected chi connectivity index (χ1v) is 7.44. The number of rotatable bonds is 2. The number of anilines is 2. The molecule has 0 bridgehead atoms. The molecule has 1 aliphatic heterocycles. The predicted molar refractivity (Wildman–Crippen MR) is 84.5 cm³/mol. The summed E-state index contributed by atoms with van der Waals surface area (Å²) in [4.78, 5) is 10.7. The summed E-state index contributed by atoms with van der Waals surface area (Å²) >= 11 is 0. The van der Waals surface area contributed by atoms with Gasteiger partial charge in [-0.05, 0) is 25.0 Å². The molecule has 7 nitrogen and oxygen atoms in total. The summed E-state index contributed by atoms with van der Waals surface area (Å²) in [6.45, 7) is 1.96. The lowest BCUT2D eigenvalue weighted by Gasteiger charge is -2.34. The third-order valence-corrected chi connectivity index (χ3v) is 4.15. The number of nitrogens with two attached hydrogens (primary N) is 1. The van der Waals surface area contributed by atoms with Gasteiger partial charge in [0.2, 0.25) is 0 Å². The maximum absolute atomic E-state index is 5.84. The minimum atomic E-state index is 0.244. The molecule has 1 aliphatic rings. The number of hydrogen-bond donors (Lipinski definition) is 1. The van der Waals surface area contributed by atoms with Gasteiger partial charge in [-0.2, -0.15) is 0 Å². The third-order valence-electron chi connectivity index (χ3n) is 4.15. The van der Waals surface area contributed by atoms with Crippen LogP contribution in [0.15, 0.2) is 36.7 Å². The highest BCUT2D eigenvalue weighted by molar-refractivity contribution is 5.80. The molecule has 1 saturated heterocycles. The summed E-state index contributed by atoms with van der Waals surface area (Å²) in [6, 6.07) is 10.7. The van der Waals surface area contributed by atoms with Crippen molar-refractivity contribution in [1.29, 1.82) is 0 Å².